The van der Waals surface area contributed by atoms with E-state index < -0.39 is 11.7 Å². The highest BCUT2D eigenvalue weighted by molar-refractivity contribution is 6.05. The van der Waals surface area contributed by atoms with Gasteiger partial charge in [-0.05, 0) is 61.9 Å². The minimum absolute atomic E-state index is 0.139. The summed E-state index contributed by atoms with van der Waals surface area (Å²) < 4.78 is 19.9. The lowest BCUT2D eigenvalue weighted by Gasteiger charge is -2.06. The normalized spacial score (nSPS) is 10.7. The second kappa shape index (κ2) is 7.21. The molecule has 1 aromatic heterocycles. The van der Waals surface area contributed by atoms with Gasteiger partial charge < -0.3 is 9.73 Å². The number of halogens is 1. The van der Waals surface area contributed by atoms with Crippen molar-refractivity contribution < 1.29 is 13.6 Å². The number of fused-ring (bicyclic) bond motifs is 1. The van der Waals surface area contributed by atoms with Crippen LogP contribution in [0.2, 0.25) is 0 Å². The van der Waals surface area contributed by atoms with E-state index in [2.05, 4.69) is 16.4 Å². The average molecular weight is 385 g/mol. The van der Waals surface area contributed by atoms with Crippen LogP contribution in [0.15, 0.2) is 59.0 Å². The third kappa shape index (κ3) is 3.58. The van der Waals surface area contributed by atoms with Gasteiger partial charge in [-0.2, -0.15) is 5.26 Å². The molecule has 6 heteroatoms. The molecule has 4 rings (SSSR count). The SMILES string of the molecule is Cc1ccc(-c2nc3cc(NC(=O)c4ccc(C#N)cc4F)ccc3o2)c(C)c1. The minimum Gasteiger partial charge on any atom is -0.436 e. The fourth-order valence-electron chi connectivity index (χ4n) is 3.14. The summed E-state index contributed by atoms with van der Waals surface area (Å²) in [5.41, 5.74) is 4.76. The number of oxazole rings is 1. The van der Waals surface area contributed by atoms with Crippen molar-refractivity contribution in [2.24, 2.45) is 0 Å². The van der Waals surface area contributed by atoms with E-state index in [0.29, 0.717) is 22.7 Å². The zero-order valence-corrected chi connectivity index (χ0v) is 15.8. The van der Waals surface area contributed by atoms with E-state index in [-0.39, 0.29) is 11.1 Å². The van der Waals surface area contributed by atoms with Crippen molar-refractivity contribution in [1.29, 1.82) is 5.26 Å². The summed E-state index contributed by atoms with van der Waals surface area (Å²) in [7, 11) is 0. The van der Waals surface area contributed by atoms with E-state index in [9.17, 15) is 9.18 Å². The van der Waals surface area contributed by atoms with Crippen LogP contribution in [0.4, 0.5) is 10.1 Å². The third-order valence-electron chi connectivity index (χ3n) is 4.60. The molecule has 1 heterocycles. The van der Waals surface area contributed by atoms with Gasteiger partial charge in [-0.15, -0.1) is 0 Å². The van der Waals surface area contributed by atoms with Crippen LogP contribution in [0.25, 0.3) is 22.6 Å². The molecule has 1 amide bonds. The van der Waals surface area contributed by atoms with Crippen molar-refractivity contribution >= 4 is 22.7 Å². The number of carbonyl (C=O) groups excluding carboxylic acids is 1. The first-order valence-corrected chi connectivity index (χ1v) is 8.94. The molecule has 0 fully saturated rings. The Kier molecular flexibility index (Phi) is 4.57. The zero-order chi connectivity index (χ0) is 20.5. The molecule has 0 spiro atoms. The van der Waals surface area contributed by atoms with Crippen molar-refractivity contribution in [3.63, 3.8) is 0 Å². The van der Waals surface area contributed by atoms with Gasteiger partial charge in [0.15, 0.2) is 5.58 Å². The molecule has 0 atom stereocenters. The van der Waals surface area contributed by atoms with Gasteiger partial charge in [0, 0.05) is 11.3 Å². The molecule has 0 aliphatic rings. The van der Waals surface area contributed by atoms with Gasteiger partial charge >= 0.3 is 0 Å². The summed E-state index contributed by atoms with van der Waals surface area (Å²) in [5.74, 6) is -0.857. The summed E-state index contributed by atoms with van der Waals surface area (Å²) in [5, 5.41) is 11.5. The fraction of sp³-hybridized carbons (Fsp3) is 0.0870. The van der Waals surface area contributed by atoms with Crippen LogP contribution in [0.3, 0.4) is 0 Å². The molecule has 0 saturated carbocycles. The highest BCUT2D eigenvalue weighted by Crippen LogP contribution is 2.29. The maximum Gasteiger partial charge on any atom is 0.258 e. The van der Waals surface area contributed by atoms with Gasteiger partial charge in [0.25, 0.3) is 5.91 Å². The van der Waals surface area contributed by atoms with Crippen molar-refractivity contribution in [2.75, 3.05) is 5.32 Å². The number of hydrogen-bond donors (Lipinski definition) is 1. The first kappa shape index (κ1) is 18.4. The Morgan fingerprint density at radius 3 is 2.66 bits per heavy atom. The quantitative estimate of drug-likeness (QED) is 0.514. The summed E-state index contributed by atoms with van der Waals surface area (Å²) in [6.45, 7) is 4.02. The minimum atomic E-state index is -0.749. The van der Waals surface area contributed by atoms with Crippen LogP contribution in [0, 0.1) is 31.0 Å². The predicted octanol–water partition coefficient (Wildman–Crippen LogP) is 5.37. The number of amides is 1. The second-order valence-corrected chi connectivity index (χ2v) is 6.78. The fourth-order valence-corrected chi connectivity index (χ4v) is 3.14. The average Bonchev–Trinajstić information content (AvgIpc) is 3.10. The number of rotatable bonds is 3. The molecular weight excluding hydrogens is 369 g/mol. The number of nitrogens with one attached hydrogen (secondary N) is 1. The van der Waals surface area contributed by atoms with Gasteiger partial charge in [0.2, 0.25) is 5.89 Å². The lowest BCUT2D eigenvalue weighted by molar-refractivity contribution is 0.102. The van der Waals surface area contributed by atoms with Gasteiger partial charge in [-0.25, -0.2) is 9.37 Å². The molecule has 29 heavy (non-hydrogen) atoms. The largest absolute Gasteiger partial charge is 0.436 e. The summed E-state index contributed by atoms with van der Waals surface area (Å²) >= 11 is 0. The van der Waals surface area contributed by atoms with E-state index >= 15 is 0 Å². The molecule has 3 aromatic carbocycles. The number of nitrogens with zero attached hydrogens (tertiary/aromatic N) is 2. The van der Waals surface area contributed by atoms with Crippen molar-refractivity contribution in [3.8, 4) is 17.5 Å². The Morgan fingerprint density at radius 2 is 1.93 bits per heavy atom. The number of nitriles is 1. The van der Waals surface area contributed by atoms with Crippen LogP contribution < -0.4 is 5.32 Å². The number of carbonyl (C=O) groups is 1. The second-order valence-electron chi connectivity index (χ2n) is 6.78. The topological polar surface area (TPSA) is 78.9 Å². The lowest BCUT2D eigenvalue weighted by atomic mass is 10.1. The highest BCUT2D eigenvalue weighted by atomic mass is 19.1. The number of aromatic nitrogens is 1. The Balaban J connectivity index is 1.62. The number of aryl methyl sites for hydroxylation is 2. The summed E-state index contributed by atoms with van der Waals surface area (Å²) in [4.78, 5) is 16.9. The molecule has 0 radical (unpaired) electrons. The summed E-state index contributed by atoms with van der Waals surface area (Å²) in [6, 6.07) is 16.6. The van der Waals surface area contributed by atoms with Crippen molar-refractivity contribution in [1.82, 2.24) is 4.98 Å². The predicted molar refractivity (Wildman–Crippen MR) is 108 cm³/mol. The van der Waals surface area contributed by atoms with Crippen LogP contribution in [-0.4, -0.2) is 10.9 Å². The third-order valence-corrected chi connectivity index (χ3v) is 4.60. The maximum atomic E-state index is 14.1. The Bertz CT molecular complexity index is 1300. The smallest absolute Gasteiger partial charge is 0.258 e. The molecule has 4 aromatic rings. The molecule has 0 bridgehead atoms. The molecule has 0 saturated heterocycles. The number of anilines is 1. The molecule has 0 aliphatic carbocycles. The monoisotopic (exact) mass is 385 g/mol. The molecule has 0 aliphatic heterocycles. The number of hydrogen-bond acceptors (Lipinski definition) is 4. The van der Waals surface area contributed by atoms with E-state index in [1.54, 1.807) is 18.2 Å². The first-order chi connectivity index (χ1) is 13.9. The molecular formula is C23H16FN3O2. The summed E-state index contributed by atoms with van der Waals surface area (Å²) in [6.07, 6.45) is 0. The Labute approximate surface area is 166 Å². The van der Waals surface area contributed by atoms with Gasteiger partial charge in [-0.1, -0.05) is 17.7 Å². The van der Waals surface area contributed by atoms with E-state index in [0.717, 1.165) is 22.8 Å². The van der Waals surface area contributed by atoms with Gasteiger partial charge in [0.05, 0.1) is 17.2 Å². The van der Waals surface area contributed by atoms with Gasteiger partial charge in [-0.3, -0.25) is 4.79 Å². The van der Waals surface area contributed by atoms with E-state index in [4.69, 9.17) is 9.68 Å². The molecule has 0 unspecified atom stereocenters. The van der Waals surface area contributed by atoms with E-state index in [1.165, 1.54) is 12.1 Å². The van der Waals surface area contributed by atoms with Crippen LogP contribution in [0.5, 0.6) is 0 Å². The highest BCUT2D eigenvalue weighted by Gasteiger charge is 2.15. The first-order valence-electron chi connectivity index (χ1n) is 8.94. The van der Waals surface area contributed by atoms with Crippen LogP contribution in [-0.2, 0) is 0 Å². The molecule has 5 nitrogen and oxygen atoms in total. The molecule has 1 N–H and O–H groups in total. The van der Waals surface area contributed by atoms with Crippen LogP contribution in [0.1, 0.15) is 27.0 Å². The maximum absolute atomic E-state index is 14.1. The van der Waals surface area contributed by atoms with Crippen molar-refractivity contribution in [2.45, 2.75) is 13.8 Å². The van der Waals surface area contributed by atoms with E-state index in [1.807, 2.05) is 32.0 Å². The molecule has 142 valence electrons. The van der Waals surface area contributed by atoms with Crippen molar-refractivity contribution in [3.05, 3.63) is 82.7 Å². The van der Waals surface area contributed by atoms with Crippen LogP contribution >= 0.6 is 0 Å². The van der Waals surface area contributed by atoms with Gasteiger partial charge in [0.1, 0.15) is 11.3 Å². The number of benzene rings is 3. The standard InChI is InChI=1S/C23H16FN3O2/c1-13-3-6-17(14(2)9-13)23-27-20-11-16(5-8-21(20)29-23)26-22(28)18-7-4-15(12-25)10-19(18)24/h3-11H,1-2H3,(H,26,28). The Morgan fingerprint density at radius 1 is 1.10 bits per heavy atom. The zero-order valence-electron chi connectivity index (χ0n) is 15.8. The lowest BCUT2D eigenvalue weighted by Crippen LogP contribution is -2.13. The Hall–Kier alpha value is -3.98.